The third-order valence-electron chi connectivity index (χ3n) is 1.69. The highest BCUT2D eigenvalue weighted by Crippen LogP contribution is 2.15. The highest BCUT2D eigenvalue weighted by Gasteiger charge is 2.40. The van der Waals surface area contributed by atoms with E-state index in [4.69, 9.17) is 31.3 Å². The monoisotopic (exact) mass is 281 g/mol. The molecule has 9 heteroatoms. The first-order valence-corrected chi connectivity index (χ1v) is 5.13. The third kappa shape index (κ3) is 11.1. The predicted octanol–water partition coefficient (Wildman–Crippen LogP) is -1.53. The fourth-order valence-corrected chi connectivity index (χ4v) is 0.714. The van der Waals surface area contributed by atoms with Crippen molar-refractivity contribution in [2.24, 2.45) is 5.73 Å². The average molecular weight is 281 g/mol. The summed E-state index contributed by atoms with van der Waals surface area (Å²) in [7, 11) is 0. The largest absolute Gasteiger partial charge is 0.481 e. The smallest absolute Gasteiger partial charge is 0.336 e. The van der Waals surface area contributed by atoms with Gasteiger partial charge in [-0.05, 0) is 13.8 Å². The molecule has 0 aliphatic heterocycles. The number of aliphatic carboxylic acids is 3. The minimum atomic E-state index is -2.74. The summed E-state index contributed by atoms with van der Waals surface area (Å²) in [6, 6.07) is 0. The van der Waals surface area contributed by atoms with Crippen molar-refractivity contribution in [1.29, 1.82) is 0 Å². The molecule has 0 amide bonds. The van der Waals surface area contributed by atoms with E-state index in [1.165, 1.54) is 0 Å². The molecule has 0 saturated carbocycles. The summed E-state index contributed by atoms with van der Waals surface area (Å²) in [5.41, 5.74) is 2.14. The number of hydrogen-bond donors (Lipinski definition) is 6. The quantitative estimate of drug-likeness (QED) is 0.336. The maximum atomic E-state index is 10.3. The second-order valence-electron chi connectivity index (χ2n) is 4.62. The van der Waals surface area contributed by atoms with E-state index >= 15 is 0 Å². The Kier molecular flexibility index (Phi) is 7.92. The average Bonchev–Trinajstić information content (AvgIpc) is 2.14. The van der Waals surface area contributed by atoms with Crippen LogP contribution < -0.4 is 5.73 Å². The van der Waals surface area contributed by atoms with Gasteiger partial charge in [0.1, 0.15) is 0 Å². The molecule has 0 saturated heterocycles. The van der Waals surface area contributed by atoms with Crippen LogP contribution in [-0.2, 0) is 14.4 Å². The fourth-order valence-electron chi connectivity index (χ4n) is 0.714. The first-order valence-electron chi connectivity index (χ1n) is 5.13. The first kappa shape index (κ1) is 19.6. The van der Waals surface area contributed by atoms with Crippen LogP contribution >= 0.6 is 0 Å². The standard InChI is InChI=1S/C6H8O7.C4H11NO/c7-3(8)1-6(13,5(11)12)2-4(9)10;1-4(2,5)3-6/h13H,1-2H2,(H,7,8)(H,9,10)(H,11,12);6H,3,5H2,1-2H3. The molecule has 0 aromatic heterocycles. The van der Waals surface area contributed by atoms with Gasteiger partial charge in [-0.2, -0.15) is 0 Å². The molecule has 9 nitrogen and oxygen atoms in total. The lowest BCUT2D eigenvalue weighted by atomic mass is 9.96. The number of aliphatic hydroxyl groups is 2. The Morgan fingerprint density at radius 2 is 1.26 bits per heavy atom. The van der Waals surface area contributed by atoms with Crippen LogP contribution in [0.2, 0.25) is 0 Å². The summed E-state index contributed by atoms with van der Waals surface area (Å²) in [6.45, 7) is 3.59. The van der Waals surface area contributed by atoms with Crippen LogP contribution in [0.15, 0.2) is 0 Å². The van der Waals surface area contributed by atoms with E-state index in [2.05, 4.69) is 0 Å². The van der Waals surface area contributed by atoms with Gasteiger partial charge < -0.3 is 31.3 Å². The van der Waals surface area contributed by atoms with Gasteiger partial charge in [-0.15, -0.1) is 0 Å². The van der Waals surface area contributed by atoms with Gasteiger partial charge in [-0.3, -0.25) is 9.59 Å². The lowest BCUT2D eigenvalue weighted by molar-refractivity contribution is -0.170. The van der Waals surface area contributed by atoms with Crippen LogP contribution in [0.4, 0.5) is 0 Å². The maximum Gasteiger partial charge on any atom is 0.336 e. The minimum absolute atomic E-state index is 0.0486. The molecule has 0 aliphatic carbocycles. The molecule has 0 aromatic rings. The molecule has 0 heterocycles. The second kappa shape index (κ2) is 7.67. The molecule has 0 atom stereocenters. The van der Waals surface area contributed by atoms with Gasteiger partial charge in [0.15, 0.2) is 5.60 Å². The summed E-state index contributed by atoms with van der Waals surface area (Å²) in [5, 5.41) is 42.1. The summed E-state index contributed by atoms with van der Waals surface area (Å²) < 4.78 is 0. The topological polar surface area (TPSA) is 178 Å². The third-order valence-corrected chi connectivity index (χ3v) is 1.69. The van der Waals surface area contributed by atoms with Crippen molar-refractivity contribution in [2.45, 2.75) is 37.8 Å². The fraction of sp³-hybridized carbons (Fsp3) is 0.700. The molecule has 0 radical (unpaired) electrons. The summed E-state index contributed by atoms with van der Waals surface area (Å²) in [4.78, 5) is 30.5. The SMILES string of the molecule is CC(C)(N)CO.O=C(O)CC(O)(CC(=O)O)C(=O)O. The van der Waals surface area contributed by atoms with E-state index in [-0.39, 0.29) is 6.61 Å². The van der Waals surface area contributed by atoms with E-state index in [0.717, 1.165) is 0 Å². The van der Waals surface area contributed by atoms with Crippen molar-refractivity contribution in [3.63, 3.8) is 0 Å². The van der Waals surface area contributed by atoms with Crippen molar-refractivity contribution in [3.05, 3.63) is 0 Å². The Labute approximate surface area is 109 Å². The number of rotatable bonds is 6. The van der Waals surface area contributed by atoms with Crippen LogP contribution in [-0.4, -0.2) is 61.2 Å². The van der Waals surface area contributed by atoms with E-state index in [1.807, 2.05) is 0 Å². The van der Waals surface area contributed by atoms with Gasteiger partial charge in [0.25, 0.3) is 0 Å². The molecule has 0 aromatic carbocycles. The van der Waals surface area contributed by atoms with Crippen LogP contribution in [0.3, 0.4) is 0 Å². The summed E-state index contributed by atoms with van der Waals surface area (Å²) in [6.07, 6.45) is -2.29. The zero-order valence-electron chi connectivity index (χ0n) is 10.7. The predicted molar refractivity (Wildman–Crippen MR) is 62.4 cm³/mol. The normalized spacial score (nSPS) is 11.2. The van der Waals surface area contributed by atoms with Crippen LogP contribution in [0.5, 0.6) is 0 Å². The Morgan fingerprint density at radius 3 is 1.37 bits per heavy atom. The van der Waals surface area contributed by atoms with E-state index in [9.17, 15) is 14.4 Å². The molecule has 0 unspecified atom stereocenters. The molecule has 0 spiro atoms. The van der Waals surface area contributed by atoms with Gasteiger partial charge in [0.05, 0.1) is 19.4 Å². The van der Waals surface area contributed by atoms with E-state index in [0.29, 0.717) is 0 Å². The van der Waals surface area contributed by atoms with Crippen LogP contribution in [0, 0.1) is 0 Å². The second-order valence-corrected chi connectivity index (χ2v) is 4.62. The Morgan fingerprint density at radius 1 is 1.00 bits per heavy atom. The zero-order chi connectivity index (χ0) is 15.9. The summed E-state index contributed by atoms with van der Waals surface area (Å²) >= 11 is 0. The molecule has 7 N–H and O–H groups in total. The number of hydrogen-bond acceptors (Lipinski definition) is 6. The van der Waals surface area contributed by atoms with Gasteiger partial charge >= 0.3 is 17.9 Å². The number of carboxylic acids is 3. The van der Waals surface area contributed by atoms with Crippen molar-refractivity contribution >= 4 is 17.9 Å². The van der Waals surface area contributed by atoms with Gasteiger partial charge in [-0.25, -0.2) is 4.79 Å². The van der Waals surface area contributed by atoms with E-state index < -0.39 is 41.9 Å². The maximum absolute atomic E-state index is 10.3. The molecule has 0 rings (SSSR count). The van der Waals surface area contributed by atoms with Gasteiger partial charge in [-0.1, -0.05) is 0 Å². The first-order chi connectivity index (χ1) is 8.34. The van der Waals surface area contributed by atoms with Gasteiger partial charge in [0.2, 0.25) is 0 Å². The lowest BCUT2D eigenvalue weighted by Crippen LogP contribution is -2.42. The Bertz CT molecular complexity index is 317. The zero-order valence-corrected chi connectivity index (χ0v) is 10.7. The number of carbonyl (C=O) groups is 3. The number of carboxylic acid groups (broad SMARTS) is 3. The molecular weight excluding hydrogens is 262 g/mol. The van der Waals surface area contributed by atoms with Crippen molar-refractivity contribution in [1.82, 2.24) is 0 Å². The van der Waals surface area contributed by atoms with Crippen molar-refractivity contribution in [3.8, 4) is 0 Å². The molecule has 112 valence electrons. The Balaban J connectivity index is 0. The summed E-state index contributed by atoms with van der Waals surface area (Å²) in [5.74, 6) is -5.02. The molecule has 0 bridgehead atoms. The molecule has 0 aliphatic rings. The lowest BCUT2D eigenvalue weighted by Gasteiger charge is -2.18. The van der Waals surface area contributed by atoms with Crippen LogP contribution in [0.1, 0.15) is 26.7 Å². The Hall–Kier alpha value is -1.71. The number of nitrogens with two attached hydrogens (primary N) is 1. The van der Waals surface area contributed by atoms with Crippen molar-refractivity contribution < 1.29 is 39.9 Å². The molecular formula is C10H19NO8. The van der Waals surface area contributed by atoms with Crippen molar-refractivity contribution in [2.75, 3.05) is 6.61 Å². The minimum Gasteiger partial charge on any atom is -0.481 e. The highest BCUT2D eigenvalue weighted by atomic mass is 16.4. The van der Waals surface area contributed by atoms with Crippen LogP contribution in [0.25, 0.3) is 0 Å². The molecule has 0 fully saturated rings. The van der Waals surface area contributed by atoms with E-state index in [1.54, 1.807) is 13.8 Å². The molecule has 19 heavy (non-hydrogen) atoms. The van der Waals surface area contributed by atoms with Gasteiger partial charge in [0, 0.05) is 5.54 Å². The highest BCUT2D eigenvalue weighted by molar-refractivity contribution is 5.88. The number of aliphatic hydroxyl groups excluding tert-OH is 1.